The molecular weight excluding hydrogens is 1730 g/mol. The number of nitrogens with zero attached hydrogens (tertiary/aromatic N) is 4. The fourth-order valence-corrected chi connectivity index (χ4v) is 13.2. The average Bonchev–Trinajstić information content (AvgIpc) is 1.21. The van der Waals surface area contributed by atoms with Crippen LogP contribution in [-0.4, -0.2) is 157 Å². The fraction of sp³-hybridized carbons (Fsp3) is 0.889. The smallest absolute Gasteiger partial charge is 0.246 e. The summed E-state index contributed by atoms with van der Waals surface area (Å²) in [6.07, 6.45) is 52.6. The Bertz CT molecular complexity index is 2460. The van der Waals surface area contributed by atoms with Gasteiger partial charge < -0.3 is 25.2 Å². The van der Waals surface area contributed by atoms with Gasteiger partial charge in [-0.3, -0.25) is 27.4 Å². The number of allylic oxidation sites excluding steroid dienone is 2. The highest BCUT2D eigenvalue weighted by atomic mass is 32.2. The van der Waals surface area contributed by atoms with Crippen LogP contribution >= 0.6 is 10.5 Å². The third-order valence-corrected chi connectivity index (χ3v) is 20.4. The van der Waals surface area contributed by atoms with Crippen LogP contribution in [0.2, 0.25) is 0 Å². The molecule has 9 fully saturated rings. The van der Waals surface area contributed by atoms with E-state index in [1.54, 1.807) is 12.4 Å². The van der Waals surface area contributed by atoms with Crippen molar-refractivity contribution in [1.82, 2.24) is 26.1 Å². The standard InChI is InChI=1S/2C6H12OS.C6H12S.C6H12.C5H11NOS.C5H11N.12C5H12.C4H7NO2.2C4H5N.2C4H8.C2H2N2O.CH4/c2*1-8(7)5-3-2-4-6-8;1-7-5-3-2-4-6-7;1-2-4-6-5-3-1;1-8(7)4-2-6-3-5-8;1-2-4-6-5-3-1;12*1-5(2,3)4;6-4-3-7-2-1-5-4;2*1-2-4-5-3-1;2*1-2-4-3-1;1-3-2-5-4-1;/h2*1-6H2;1-6H2;1-6H2;6H,1-5H2;6H,1-5H2;12*1-4H3;1-3H2,(H,5,6);2*1,3-4H,2H2;2*1-4H2;1-2H;1H4. The maximum atomic E-state index is 11.1. The average molecular weight is 1980 g/mol. The largest absolute Gasteiger partial charge is 0.370 e. The summed E-state index contributed by atoms with van der Waals surface area (Å²) in [7, 11) is -4.25. The van der Waals surface area contributed by atoms with Crippen LogP contribution in [0.4, 0.5) is 0 Å². The van der Waals surface area contributed by atoms with Gasteiger partial charge in [-0.05, 0) is 187 Å². The topological polar surface area (TPSA) is 177 Å². The third-order valence-electron chi connectivity index (χ3n) is 12.6. The molecule has 0 radical (unpaired) electrons. The summed E-state index contributed by atoms with van der Waals surface area (Å²) in [5.74, 6) is 22.7. The summed E-state index contributed by atoms with van der Waals surface area (Å²) >= 11 is 0. The molecule has 3 saturated carbocycles. The first-order valence-corrected chi connectivity index (χ1v) is 60.1. The Morgan fingerprint density at radius 2 is 0.515 bits per heavy atom. The van der Waals surface area contributed by atoms with Gasteiger partial charge in [-0.25, -0.2) is 4.98 Å². The van der Waals surface area contributed by atoms with Crippen molar-refractivity contribution in [3.05, 3.63) is 37.3 Å². The van der Waals surface area contributed by atoms with Crippen LogP contribution in [0, 0.1) is 65.0 Å². The van der Waals surface area contributed by atoms with Crippen LogP contribution in [-0.2, 0) is 38.1 Å². The Morgan fingerprint density at radius 1 is 0.306 bits per heavy atom. The number of ether oxygens (including phenoxy) is 1. The van der Waals surface area contributed by atoms with E-state index in [0.29, 0.717) is 88.6 Å². The van der Waals surface area contributed by atoms with Gasteiger partial charge >= 0.3 is 0 Å². The molecule has 13 nitrogen and oxygen atoms in total. The van der Waals surface area contributed by atoms with E-state index in [0.717, 1.165) is 86.1 Å². The Morgan fingerprint density at radius 3 is 0.604 bits per heavy atom. The number of aromatic nitrogens is 2. The molecule has 0 unspecified atom stereocenters. The Labute approximate surface area is 851 Å². The molecule has 1 aromatic rings. The molecule has 134 heavy (non-hydrogen) atoms. The monoisotopic (exact) mass is 1980 g/mol. The highest BCUT2D eigenvalue weighted by Crippen LogP contribution is 2.22. The summed E-state index contributed by atoms with van der Waals surface area (Å²) in [6.45, 7) is 111. The zero-order chi connectivity index (χ0) is 107. The minimum Gasteiger partial charge on any atom is -0.370 e. The van der Waals surface area contributed by atoms with Gasteiger partial charge in [0.1, 0.15) is 6.61 Å². The minimum atomic E-state index is -1.65. The van der Waals surface area contributed by atoms with E-state index < -0.39 is 28.6 Å². The highest BCUT2D eigenvalue weighted by Gasteiger charge is 2.12. The number of aliphatic imine (C=N–C) groups is 2. The summed E-state index contributed by atoms with van der Waals surface area (Å²) in [5.41, 5.74) is 6.00. The lowest BCUT2D eigenvalue weighted by atomic mass is 10.0. The number of nitrogens with one attached hydrogen (secondary N) is 3. The van der Waals surface area contributed by atoms with E-state index in [-0.39, 0.29) is 19.9 Å². The van der Waals surface area contributed by atoms with E-state index in [1.807, 2.05) is 24.6 Å². The summed E-state index contributed by atoms with van der Waals surface area (Å²) < 4.78 is 42.2. The molecule has 1 aromatic heterocycles. The first kappa shape index (κ1) is 160. The zero-order valence-corrected chi connectivity index (χ0v) is 103. The first-order valence-electron chi connectivity index (χ1n) is 52.1. The van der Waals surface area contributed by atoms with Crippen molar-refractivity contribution in [3.8, 4) is 0 Å². The molecular formula is C117H253N7O6S4. The van der Waals surface area contributed by atoms with E-state index in [1.165, 1.54) is 179 Å². The fourth-order valence-electron chi connectivity index (χ4n) is 7.24. The summed E-state index contributed by atoms with van der Waals surface area (Å²) in [6, 6.07) is 0. The molecule has 1 amide bonds. The van der Waals surface area contributed by atoms with Gasteiger partial charge in [0.2, 0.25) is 12.3 Å². The minimum absolute atomic E-state index is 0. The van der Waals surface area contributed by atoms with Crippen LogP contribution in [0.15, 0.2) is 51.8 Å². The molecule has 9 heterocycles. The van der Waals surface area contributed by atoms with Crippen molar-refractivity contribution >= 4 is 80.9 Å². The van der Waals surface area contributed by atoms with Crippen molar-refractivity contribution in [2.24, 2.45) is 75.0 Å². The number of carbonyl (C=O) groups is 1. The maximum absolute atomic E-state index is 11.1. The Kier molecular flexibility index (Phi) is 111. The van der Waals surface area contributed by atoms with Crippen molar-refractivity contribution in [2.45, 2.75) is 520 Å². The van der Waals surface area contributed by atoms with Crippen LogP contribution in [0.3, 0.4) is 0 Å². The molecule has 8 aliphatic heterocycles. The number of amides is 1. The van der Waals surface area contributed by atoms with Crippen molar-refractivity contribution in [2.75, 3.05) is 92.0 Å². The maximum Gasteiger partial charge on any atom is 0.246 e. The van der Waals surface area contributed by atoms with E-state index in [4.69, 9.17) is 4.74 Å². The SMILES string of the molecule is C.C1=CN=CC1.C1=CN=CC1.C1CCC1.C1CCC1.C1CCCCC1.C1CCNCC1.C=S1(=O)CCCCC1.C=S1(=O)CCCCC1.C=S1(=O)CCNCC1.C=S1CCCCC1.CC(C)(C)C.CC(C)(C)C.CC(C)(C)C.CC(C)(C)C.CC(C)(C)C.CC(C)(C)C.CC(C)(C)C.CC(C)(C)C.CC(C)(C)C.CC(C)(C)C.CC(C)(C)C.CC(C)(C)C.O=C1COCCN1.c1ncon1. The second-order valence-corrected chi connectivity index (χ2v) is 66.0. The third kappa shape index (κ3) is 347. The van der Waals surface area contributed by atoms with Crippen LogP contribution in [0.5, 0.6) is 0 Å². The van der Waals surface area contributed by atoms with Crippen LogP contribution in [0.25, 0.3) is 0 Å². The number of morpholine rings is 1. The number of rotatable bonds is 0. The molecule has 0 aromatic carbocycles. The van der Waals surface area contributed by atoms with Crippen LogP contribution in [0.1, 0.15) is 520 Å². The second kappa shape index (κ2) is 93.0. The molecule has 3 N–H and O–H groups in total. The lowest BCUT2D eigenvalue weighted by Gasteiger charge is -2.15. The van der Waals surface area contributed by atoms with Gasteiger partial charge in [0, 0.05) is 91.8 Å². The molecule has 0 spiro atoms. The zero-order valence-electron chi connectivity index (χ0n) is 99.7. The number of piperidine rings is 1. The quantitative estimate of drug-likeness (QED) is 0.212. The lowest BCUT2D eigenvalue weighted by molar-refractivity contribution is -0.129. The van der Waals surface area contributed by atoms with Gasteiger partial charge in [0.25, 0.3) is 0 Å². The van der Waals surface area contributed by atoms with Crippen molar-refractivity contribution < 1.29 is 26.7 Å². The number of carbonyl (C=O) groups excluding carboxylic acids is 1. The number of hydrogen-bond acceptors (Lipinski definition) is 12. The molecule has 0 atom stereocenters. The predicted octanol–water partition coefficient (Wildman–Crippen LogP) is 35.6. The van der Waals surface area contributed by atoms with Gasteiger partial charge in [-0.15, -0.1) is 0 Å². The van der Waals surface area contributed by atoms with Gasteiger partial charge in [0.05, 0.1) is 6.61 Å². The summed E-state index contributed by atoms with van der Waals surface area (Å²) in [4.78, 5) is 21.2. The predicted molar refractivity (Wildman–Crippen MR) is 636 cm³/mol. The van der Waals surface area contributed by atoms with Gasteiger partial charge in [-0.1, -0.05) is 479 Å². The van der Waals surface area contributed by atoms with E-state index in [2.05, 4.69) is 396 Å². The van der Waals surface area contributed by atoms with Crippen molar-refractivity contribution in [3.63, 3.8) is 0 Å². The molecule has 12 rings (SSSR count). The molecule has 17 heteroatoms. The van der Waals surface area contributed by atoms with E-state index in [9.17, 15) is 17.4 Å². The Balaban J connectivity index is -0.000000104. The van der Waals surface area contributed by atoms with Crippen molar-refractivity contribution in [1.29, 1.82) is 0 Å². The molecule has 11 aliphatic rings. The summed E-state index contributed by atoms with van der Waals surface area (Å²) in [5, 5.41) is 12.3. The van der Waals surface area contributed by atoms with Gasteiger partial charge in [0.15, 0.2) is 6.33 Å². The molecule has 3 aliphatic carbocycles. The highest BCUT2D eigenvalue weighted by molar-refractivity contribution is 8.14. The molecule has 0 bridgehead atoms. The Hall–Kier alpha value is -2.41. The lowest BCUT2D eigenvalue weighted by Crippen LogP contribution is -2.36. The number of hydrogen-bond donors (Lipinski definition) is 3. The van der Waals surface area contributed by atoms with Gasteiger partial charge in [-0.2, -0.15) is 10.5 Å². The van der Waals surface area contributed by atoms with Crippen LogP contribution < -0.4 is 16.0 Å². The normalized spacial score (nSPS) is 17.9. The first-order chi connectivity index (χ1) is 59.4. The molecule has 6 saturated heterocycles. The second-order valence-electron chi connectivity index (χ2n) is 55.7. The van der Waals surface area contributed by atoms with E-state index >= 15 is 0 Å². The molecule has 816 valence electrons.